The molecule has 2 aromatic rings. The molecule has 0 radical (unpaired) electrons. The minimum atomic E-state index is 0.493. The molecule has 0 spiro atoms. The number of nitrogens with zero attached hydrogens (tertiary/aromatic N) is 1. The van der Waals surface area contributed by atoms with Crippen molar-refractivity contribution < 1.29 is 0 Å². The zero-order valence-electron chi connectivity index (χ0n) is 10.9. The van der Waals surface area contributed by atoms with Crippen molar-refractivity contribution in [2.45, 2.75) is 37.7 Å². The van der Waals surface area contributed by atoms with Gasteiger partial charge in [-0.25, -0.2) is 0 Å². The van der Waals surface area contributed by atoms with Crippen LogP contribution in [0.4, 0.5) is 0 Å². The van der Waals surface area contributed by atoms with E-state index in [2.05, 4.69) is 64.3 Å². The third kappa shape index (κ3) is 3.79. The van der Waals surface area contributed by atoms with E-state index in [1.807, 2.05) is 12.1 Å². The molecule has 1 heterocycles. The van der Waals surface area contributed by atoms with Gasteiger partial charge in [-0.2, -0.15) is 0 Å². The van der Waals surface area contributed by atoms with Gasteiger partial charge in [0.2, 0.25) is 0 Å². The van der Waals surface area contributed by atoms with Crippen LogP contribution >= 0.6 is 15.9 Å². The molecule has 1 N–H and O–H groups in total. The molecular weight excluding hydrogens is 288 g/mol. The highest BCUT2D eigenvalue weighted by Crippen LogP contribution is 2.12. The second kappa shape index (κ2) is 6.30. The Morgan fingerprint density at radius 1 is 1.17 bits per heavy atom. The lowest BCUT2D eigenvalue weighted by atomic mass is 10.2. The Morgan fingerprint density at radius 2 is 1.94 bits per heavy atom. The summed E-state index contributed by atoms with van der Waals surface area (Å²) in [4.78, 5) is 5.20. The maximum absolute atomic E-state index is 4.65. The zero-order valence-corrected chi connectivity index (χ0v) is 12.4. The van der Waals surface area contributed by atoms with Crippen molar-refractivity contribution in [3.8, 4) is 0 Å². The van der Waals surface area contributed by atoms with E-state index in [1.54, 1.807) is 0 Å². The van der Waals surface area contributed by atoms with Crippen LogP contribution in [0.3, 0.4) is 0 Å². The summed E-state index contributed by atoms with van der Waals surface area (Å²) in [6.07, 6.45) is 1.12. The van der Waals surface area contributed by atoms with Crippen molar-refractivity contribution in [1.82, 2.24) is 10.3 Å². The number of fused-ring (bicyclic) bond motifs is 1. The maximum Gasteiger partial charge on any atom is 0.0705 e. The Bertz CT molecular complexity index is 511. The van der Waals surface area contributed by atoms with Crippen molar-refractivity contribution in [3.05, 3.63) is 42.1 Å². The summed E-state index contributed by atoms with van der Waals surface area (Å²) in [5.74, 6) is 0. The third-order valence-corrected chi connectivity index (χ3v) is 3.34. The predicted octanol–water partition coefficient (Wildman–Crippen LogP) is 3.89. The first-order valence-corrected chi connectivity index (χ1v) is 7.29. The Hall–Kier alpha value is -0.930. The number of hydrogen-bond acceptors (Lipinski definition) is 2. The van der Waals surface area contributed by atoms with Crippen molar-refractivity contribution in [1.29, 1.82) is 0 Å². The van der Waals surface area contributed by atoms with Gasteiger partial charge in [0.05, 0.1) is 11.2 Å². The van der Waals surface area contributed by atoms with Crippen LogP contribution in [0.1, 0.15) is 26.0 Å². The van der Waals surface area contributed by atoms with E-state index in [4.69, 9.17) is 0 Å². The molecule has 0 aliphatic rings. The normalized spacial score (nSPS) is 14.6. The molecule has 1 aromatic heterocycles. The molecule has 0 saturated heterocycles. The molecule has 0 fully saturated rings. The van der Waals surface area contributed by atoms with Crippen molar-refractivity contribution in [2.24, 2.45) is 0 Å². The smallest absolute Gasteiger partial charge is 0.0705 e. The standard InChI is InChI=1S/C15H19BrN2/c1-11(16)9-12(2)17-10-14-8-7-13-5-3-4-6-15(13)18-14/h3-8,11-12,17H,9-10H2,1-2H3. The fourth-order valence-corrected chi connectivity index (χ4v) is 2.62. The first-order valence-electron chi connectivity index (χ1n) is 6.37. The molecule has 0 aliphatic carbocycles. The van der Waals surface area contributed by atoms with Crippen LogP contribution < -0.4 is 5.32 Å². The molecule has 3 heteroatoms. The average molecular weight is 307 g/mol. The minimum absolute atomic E-state index is 0.493. The molecule has 0 saturated carbocycles. The van der Waals surface area contributed by atoms with E-state index in [0.29, 0.717) is 10.9 Å². The molecule has 2 unspecified atom stereocenters. The lowest BCUT2D eigenvalue weighted by molar-refractivity contribution is 0.512. The number of benzene rings is 1. The van der Waals surface area contributed by atoms with E-state index in [0.717, 1.165) is 24.2 Å². The summed E-state index contributed by atoms with van der Waals surface area (Å²) < 4.78 is 0. The fourth-order valence-electron chi connectivity index (χ4n) is 2.06. The second-order valence-electron chi connectivity index (χ2n) is 4.79. The van der Waals surface area contributed by atoms with Crippen LogP contribution in [0.25, 0.3) is 10.9 Å². The first-order chi connectivity index (χ1) is 8.65. The minimum Gasteiger partial charge on any atom is -0.309 e. The number of para-hydroxylation sites is 1. The van der Waals surface area contributed by atoms with Gasteiger partial charge in [0, 0.05) is 22.8 Å². The third-order valence-electron chi connectivity index (χ3n) is 2.97. The van der Waals surface area contributed by atoms with Crippen molar-refractivity contribution in [2.75, 3.05) is 0 Å². The van der Waals surface area contributed by atoms with Crippen LogP contribution in [0.2, 0.25) is 0 Å². The molecule has 96 valence electrons. The Morgan fingerprint density at radius 3 is 2.72 bits per heavy atom. The molecular formula is C15H19BrN2. The molecule has 2 rings (SSSR count). The second-order valence-corrected chi connectivity index (χ2v) is 6.36. The van der Waals surface area contributed by atoms with Gasteiger partial charge in [-0.1, -0.05) is 47.1 Å². The van der Waals surface area contributed by atoms with Crippen molar-refractivity contribution in [3.63, 3.8) is 0 Å². The number of alkyl halides is 1. The summed E-state index contributed by atoms with van der Waals surface area (Å²) >= 11 is 3.58. The van der Waals surface area contributed by atoms with Gasteiger partial charge in [-0.3, -0.25) is 4.98 Å². The molecule has 0 bridgehead atoms. The zero-order chi connectivity index (χ0) is 13.0. The van der Waals surface area contributed by atoms with E-state index < -0.39 is 0 Å². The van der Waals surface area contributed by atoms with Gasteiger partial charge in [0.1, 0.15) is 0 Å². The lowest BCUT2D eigenvalue weighted by Crippen LogP contribution is -2.27. The highest BCUT2D eigenvalue weighted by Gasteiger charge is 2.06. The fraction of sp³-hybridized carbons (Fsp3) is 0.400. The average Bonchev–Trinajstić information content (AvgIpc) is 2.35. The summed E-state index contributed by atoms with van der Waals surface area (Å²) in [6, 6.07) is 12.9. The van der Waals surface area contributed by atoms with Gasteiger partial charge in [-0.15, -0.1) is 0 Å². The maximum atomic E-state index is 4.65. The van der Waals surface area contributed by atoms with E-state index in [1.165, 1.54) is 5.39 Å². The molecule has 2 nitrogen and oxygen atoms in total. The Labute approximate surface area is 117 Å². The summed E-state index contributed by atoms with van der Waals surface area (Å²) in [5.41, 5.74) is 2.17. The van der Waals surface area contributed by atoms with Gasteiger partial charge in [-0.05, 0) is 25.5 Å². The van der Waals surface area contributed by atoms with Crippen LogP contribution in [-0.4, -0.2) is 15.9 Å². The van der Waals surface area contributed by atoms with Gasteiger partial charge >= 0.3 is 0 Å². The molecule has 0 aliphatic heterocycles. The monoisotopic (exact) mass is 306 g/mol. The number of rotatable bonds is 5. The molecule has 18 heavy (non-hydrogen) atoms. The highest BCUT2D eigenvalue weighted by molar-refractivity contribution is 9.09. The Balaban J connectivity index is 1.99. The first kappa shape index (κ1) is 13.5. The van der Waals surface area contributed by atoms with Crippen LogP contribution in [0.5, 0.6) is 0 Å². The van der Waals surface area contributed by atoms with Gasteiger partial charge in [0.15, 0.2) is 0 Å². The summed E-state index contributed by atoms with van der Waals surface area (Å²) in [5, 5.41) is 4.70. The molecule has 2 atom stereocenters. The number of hydrogen-bond donors (Lipinski definition) is 1. The predicted molar refractivity (Wildman–Crippen MR) is 81.1 cm³/mol. The quantitative estimate of drug-likeness (QED) is 0.848. The summed E-state index contributed by atoms with van der Waals surface area (Å²) in [7, 11) is 0. The largest absolute Gasteiger partial charge is 0.309 e. The number of aromatic nitrogens is 1. The molecule has 1 aromatic carbocycles. The highest BCUT2D eigenvalue weighted by atomic mass is 79.9. The van der Waals surface area contributed by atoms with E-state index >= 15 is 0 Å². The topological polar surface area (TPSA) is 24.9 Å². The van der Waals surface area contributed by atoms with Crippen LogP contribution in [0, 0.1) is 0 Å². The summed E-state index contributed by atoms with van der Waals surface area (Å²) in [6.45, 7) is 5.21. The van der Waals surface area contributed by atoms with E-state index in [9.17, 15) is 0 Å². The van der Waals surface area contributed by atoms with Crippen LogP contribution in [0.15, 0.2) is 36.4 Å². The SMILES string of the molecule is CC(Br)CC(C)NCc1ccc2ccccc2n1. The number of halogens is 1. The Kier molecular flexibility index (Phi) is 4.72. The van der Waals surface area contributed by atoms with Gasteiger partial charge in [0.25, 0.3) is 0 Å². The number of pyridine rings is 1. The number of nitrogens with one attached hydrogen (secondary N) is 1. The van der Waals surface area contributed by atoms with Crippen molar-refractivity contribution >= 4 is 26.8 Å². The van der Waals surface area contributed by atoms with E-state index in [-0.39, 0.29) is 0 Å². The van der Waals surface area contributed by atoms with Gasteiger partial charge < -0.3 is 5.32 Å². The lowest BCUT2D eigenvalue weighted by Gasteiger charge is -2.14. The molecule has 0 amide bonds. The van der Waals surface area contributed by atoms with Crippen LogP contribution in [-0.2, 0) is 6.54 Å².